The fraction of sp³-hybridized carbons (Fsp3) is 0.387. The van der Waals surface area contributed by atoms with Gasteiger partial charge in [0.05, 0.1) is 0 Å². The van der Waals surface area contributed by atoms with E-state index in [1.165, 1.54) is 0 Å². The number of para-hydroxylation sites is 2. The van der Waals surface area contributed by atoms with Gasteiger partial charge in [-0.3, -0.25) is 0 Å². The zero-order valence-electron chi connectivity index (χ0n) is 23.0. The van der Waals surface area contributed by atoms with E-state index >= 15 is 0 Å². The molecule has 0 bridgehead atoms. The summed E-state index contributed by atoms with van der Waals surface area (Å²) >= 11 is 0. The minimum Gasteiger partial charge on any atom is -0.491 e. The number of benzene rings is 3. The second-order valence-corrected chi connectivity index (χ2v) is 9.56. The van der Waals surface area contributed by atoms with Gasteiger partial charge in [0.15, 0.2) is 6.10 Å². The third kappa shape index (κ3) is 10.5. The van der Waals surface area contributed by atoms with Gasteiger partial charge in [0, 0.05) is 25.2 Å². The highest BCUT2D eigenvalue weighted by Gasteiger charge is 2.22. The molecular weight excluding hydrogens is 512 g/mol. The van der Waals surface area contributed by atoms with Crippen LogP contribution in [0.25, 0.3) is 0 Å². The van der Waals surface area contributed by atoms with E-state index in [1.54, 1.807) is 19.1 Å². The lowest BCUT2D eigenvalue weighted by Gasteiger charge is -2.29. The molecule has 0 fully saturated rings. The van der Waals surface area contributed by atoms with Crippen LogP contribution in [-0.2, 0) is 4.79 Å². The predicted molar refractivity (Wildman–Crippen MR) is 153 cm³/mol. The highest BCUT2D eigenvalue weighted by molar-refractivity contribution is 5.72. The van der Waals surface area contributed by atoms with Crippen LogP contribution in [0.4, 0.5) is 0 Å². The number of aliphatic carboxylic acids is 1. The van der Waals surface area contributed by atoms with E-state index in [4.69, 9.17) is 14.2 Å². The van der Waals surface area contributed by atoms with Crippen LogP contribution >= 0.6 is 0 Å². The molecule has 3 aromatic carbocycles. The van der Waals surface area contributed by atoms with Crippen molar-refractivity contribution in [2.75, 3.05) is 26.3 Å². The van der Waals surface area contributed by atoms with Gasteiger partial charge in [-0.15, -0.1) is 0 Å². The van der Waals surface area contributed by atoms with Crippen molar-refractivity contribution in [2.45, 2.75) is 50.7 Å². The highest BCUT2D eigenvalue weighted by Crippen LogP contribution is 2.22. The lowest BCUT2D eigenvalue weighted by molar-refractivity contribution is -0.145. The first-order valence-electron chi connectivity index (χ1n) is 13.5. The summed E-state index contributed by atoms with van der Waals surface area (Å²) in [5.74, 6) is 0.825. The molecule has 5 N–H and O–H groups in total. The van der Waals surface area contributed by atoms with Gasteiger partial charge in [-0.2, -0.15) is 0 Å². The van der Waals surface area contributed by atoms with Crippen LogP contribution in [0.5, 0.6) is 17.2 Å². The van der Waals surface area contributed by atoms with Crippen LogP contribution in [0.15, 0.2) is 84.9 Å². The Labute approximate surface area is 235 Å². The number of hydrogen-bond acceptors (Lipinski definition) is 8. The molecule has 0 saturated heterocycles. The van der Waals surface area contributed by atoms with Crippen molar-refractivity contribution in [3.63, 3.8) is 0 Å². The zero-order valence-corrected chi connectivity index (χ0v) is 23.0. The molecule has 0 aromatic heterocycles. The van der Waals surface area contributed by atoms with Gasteiger partial charge in [-0.05, 0) is 55.3 Å². The largest absolute Gasteiger partial charge is 0.491 e. The summed E-state index contributed by atoms with van der Waals surface area (Å²) < 4.78 is 16.9. The molecule has 0 radical (unpaired) electrons. The summed E-state index contributed by atoms with van der Waals surface area (Å²) in [5.41, 5.74) is 0.905. The third-order valence-electron chi connectivity index (χ3n) is 6.28. The van der Waals surface area contributed by atoms with Crippen LogP contribution in [0, 0.1) is 0 Å². The van der Waals surface area contributed by atoms with Crippen molar-refractivity contribution in [1.82, 2.24) is 10.6 Å². The van der Waals surface area contributed by atoms with Crippen molar-refractivity contribution in [2.24, 2.45) is 0 Å². The van der Waals surface area contributed by atoms with Crippen LogP contribution in [0.2, 0.25) is 0 Å². The predicted octanol–water partition coefficient (Wildman–Crippen LogP) is 3.42. The van der Waals surface area contributed by atoms with E-state index in [0.717, 1.165) is 5.56 Å². The highest BCUT2D eigenvalue weighted by atomic mass is 16.5. The van der Waals surface area contributed by atoms with Gasteiger partial charge in [-0.1, -0.05) is 55.5 Å². The summed E-state index contributed by atoms with van der Waals surface area (Å²) in [6.45, 7) is 4.57. The van der Waals surface area contributed by atoms with E-state index in [-0.39, 0.29) is 31.8 Å². The Kier molecular flexibility index (Phi) is 12.7. The average Bonchev–Trinajstić information content (AvgIpc) is 2.98. The van der Waals surface area contributed by atoms with E-state index in [2.05, 4.69) is 10.6 Å². The van der Waals surface area contributed by atoms with Crippen LogP contribution < -0.4 is 24.8 Å². The molecule has 40 heavy (non-hydrogen) atoms. The third-order valence-corrected chi connectivity index (χ3v) is 6.28. The molecule has 9 nitrogen and oxygen atoms in total. The molecule has 0 amide bonds. The quantitative estimate of drug-likeness (QED) is 0.161. The maximum absolute atomic E-state index is 11.3. The fourth-order valence-corrected chi connectivity index (χ4v) is 4.05. The number of aliphatic hydroxyl groups excluding tert-OH is 2. The number of rotatable bonds is 18. The molecule has 9 heteroatoms. The van der Waals surface area contributed by atoms with Crippen molar-refractivity contribution in [3.8, 4) is 17.2 Å². The maximum Gasteiger partial charge on any atom is 0.344 e. The molecule has 0 saturated carbocycles. The minimum atomic E-state index is -1.01. The van der Waals surface area contributed by atoms with Crippen LogP contribution in [0.3, 0.4) is 0 Å². The number of carboxylic acids is 1. The van der Waals surface area contributed by atoms with E-state index in [9.17, 15) is 20.1 Å². The van der Waals surface area contributed by atoms with Gasteiger partial charge in [0.25, 0.3) is 0 Å². The van der Waals surface area contributed by atoms with E-state index in [0.29, 0.717) is 30.2 Å². The first kappa shape index (κ1) is 30.9. The number of nitrogens with one attached hydrogen (secondary N) is 2. The molecular formula is C31H40N2O7. The first-order valence-corrected chi connectivity index (χ1v) is 13.5. The molecule has 216 valence electrons. The minimum absolute atomic E-state index is 0.126. The molecule has 3 aromatic rings. The second-order valence-electron chi connectivity index (χ2n) is 9.56. The summed E-state index contributed by atoms with van der Waals surface area (Å²) in [7, 11) is 0. The monoisotopic (exact) mass is 552 g/mol. The number of ether oxygens (including phenoxy) is 3. The summed E-state index contributed by atoms with van der Waals surface area (Å²) in [5, 5.41) is 37.1. The Bertz CT molecular complexity index is 1120. The van der Waals surface area contributed by atoms with Gasteiger partial charge >= 0.3 is 5.97 Å². The summed E-state index contributed by atoms with van der Waals surface area (Å²) in [4.78, 5) is 11.3. The molecule has 3 unspecified atom stereocenters. The number of aliphatic hydroxyl groups is 2. The van der Waals surface area contributed by atoms with Gasteiger partial charge in [0.1, 0.15) is 42.7 Å². The molecule has 0 aliphatic carbocycles. The van der Waals surface area contributed by atoms with Gasteiger partial charge in [-0.25, -0.2) is 4.79 Å². The van der Waals surface area contributed by atoms with Crippen LogP contribution in [0.1, 0.15) is 31.9 Å². The van der Waals surface area contributed by atoms with Crippen molar-refractivity contribution in [1.29, 1.82) is 0 Å². The number of hydrogen-bond donors (Lipinski definition) is 5. The Hall–Kier alpha value is -3.63. The van der Waals surface area contributed by atoms with Crippen molar-refractivity contribution < 1.29 is 34.3 Å². The molecule has 0 heterocycles. The topological polar surface area (TPSA) is 130 Å². The molecule has 0 spiro atoms. The van der Waals surface area contributed by atoms with Gasteiger partial charge < -0.3 is 40.2 Å². The van der Waals surface area contributed by atoms with Crippen molar-refractivity contribution in [3.05, 3.63) is 90.5 Å². The van der Waals surface area contributed by atoms with Crippen molar-refractivity contribution >= 4 is 5.97 Å². The van der Waals surface area contributed by atoms with E-state index in [1.807, 2.05) is 79.7 Å². The smallest absolute Gasteiger partial charge is 0.344 e. The fourth-order valence-electron chi connectivity index (χ4n) is 4.05. The number of carboxylic acid groups (broad SMARTS) is 1. The SMILES string of the molecule is CCC(Oc1ccc(C(NC[C@H](O)COc2ccccc2)C(C)NC[C@H](O)COc2ccccc2)cc1)C(=O)O. The molecule has 0 aliphatic heterocycles. The summed E-state index contributed by atoms with van der Waals surface area (Å²) in [6.07, 6.45) is -2.06. The Balaban J connectivity index is 1.60. The molecule has 3 rings (SSSR count). The number of carbonyl (C=O) groups is 1. The second kappa shape index (κ2) is 16.5. The molecule has 5 atom stereocenters. The van der Waals surface area contributed by atoms with Gasteiger partial charge in [0.2, 0.25) is 0 Å². The first-order chi connectivity index (χ1) is 19.4. The molecule has 0 aliphatic rings. The normalized spacial score (nSPS) is 14.9. The lowest BCUT2D eigenvalue weighted by Crippen LogP contribution is -2.46. The Morgan fingerprint density at radius 1 is 0.750 bits per heavy atom. The lowest BCUT2D eigenvalue weighted by atomic mass is 9.99. The van der Waals surface area contributed by atoms with E-state index < -0.39 is 24.3 Å². The Morgan fingerprint density at radius 2 is 1.25 bits per heavy atom. The van der Waals surface area contributed by atoms with Crippen LogP contribution in [-0.4, -0.2) is 71.9 Å². The average molecular weight is 553 g/mol. The zero-order chi connectivity index (χ0) is 28.7. The summed E-state index contributed by atoms with van der Waals surface area (Å²) in [6, 6.07) is 25.4. The standard InChI is InChI=1S/C31H40N2O7/c1-3-29(31(36)37)40-28-16-14-23(15-17-28)30(33-19-25(35)21-39-27-12-8-5-9-13-27)22(2)32-18-24(34)20-38-26-10-6-4-7-11-26/h4-17,22,24-25,29-30,32-35H,3,18-21H2,1-2H3,(H,36,37)/t22?,24-,25-,29?,30?/m0/s1. The maximum atomic E-state index is 11.3. The Morgan fingerprint density at radius 3 is 1.73 bits per heavy atom.